The Bertz CT molecular complexity index is 1230. The molecule has 8 heteroatoms. The first-order valence-corrected chi connectivity index (χ1v) is 10.7. The van der Waals surface area contributed by atoms with Gasteiger partial charge in [0.25, 0.3) is 11.8 Å². The van der Waals surface area contributed by atoms with E-state index in [4.69, 9.17) is 9.47 Å². The van der Waals surface area contributed by atoms with E-state index in [1.54, 1.807) is 35.2 Å². The summed E-state index contributed by atoms with van der Waals surface area (Å²) in [5.41, 5.74) is 4.39. The number of rotatable bonds is 2. The molecule has 8 nitrogen and oxygen atoms in total. The Morgan fingerprint density at radius 1 is 0.750 bits per heavy atom. The molecule has 0 bridgehead atoms. The Labute approximate surface area is 185 Å². The maximum Gasteiger partial charge on any atom is 0.254 e. The third kappa shape index (κ3) is 3.72. The number of aryl methyl sites for hydroxylation is 2. The summed E-state index contributed by atoms with van der Waals surface area (Å²) in [6, 6.07) is 10.7. The highest BCUT2D eigenvalue weighted by molar-refractivity contribution is 5.98. The van der Waals surface area contributed by atoms with Crippen molar-refractivity contribution in [3.05, 3.63) is 58.9 Å². The van der Waals surface area contributed by atoms with Crippen molar-refractivity contribution in [2.24, 2.45) is 0 Å². The van der Waals surface area contributed by atoms with E-state index in [1.807, 2.05) is 24.8 Å². The molecular weight excluding hydrogens is 408 g/mol. The monoisotopic (exact) mass is 432 g/mol. The van der Waals surface area contributed by atoms with Gasteiger partial charge in [0.05, 0.1) is 22.4 Å². The molecule has 0 atom stereocenters. The van der Waals surface area contributed by atoms with Crippen LogP contribution in [0.15, 0.2) is 36.4 Å². The van der Waals surface area contributed by atoms with Gasteiger partial charge in [0, 0.05) is 37.3 Å². The van der Waals surface area contributed by atoms with Crippen molar-refractivity contribution in [1.29, 1.82) is 0 Å². The summed E-state index contributed by atoms with van der Waals surface area (Å²) in [5.74, 6) is 1.13. The third-order valence-corrected chi connectivity index (χ3v) is 6.01. The molecule has 5 rings (SSSR count). The number of ether oxygens (including phenoxy) is 2. The third-order valence-electron chi connectivity index (χ3n) is 6.01. The molecule has 2 aliphatic rings. The number of amides is 2. The molecule has 0 aliphatic carbocycles. The van der Waals surface area contributed by atoms with Gasteiger partial charge < -0.3 is 19.3 Å². The summed E-state index contributed by atoms with van der Waals surface area (Å²) in [4.78, 5) is 38.9. The van der Waals surface area contributed by atoms with Gasteiger partial charge in [-0.25, -0.2) is 9.97 Å². The number of aromatic nitrogens is 2. The minimum atomic E-state index is -0.0653. The van der Waals surface area contributed by atoms with Crippen molar-refractivity contribution in [1.82, 2.24) is 19.8 Å². The van der Waals surface area contributed by atoms with Crippen LogP contribution in [0.5, 0.6) is 11.5 Å². The molecule has 0 N–H and O–H groups in total. The molecular formula is C24H24N4O4. The maximum atomic E-state index is 13.2. The van der Waals surface area contributed by atoms with E-state index >= 15 is 0 Å². The fraction of sp³-hybridized carbons (Fsp3) is 0.333. The zero-order valence-corrected chi connectivity index (χ0v) is 18.1. The number of nitrogens with zero attached hydrogens (tertiary/aromatic N) is 4. The van der Waals surface area contributed by atoms with Crippen LogP contribution in [0.3, 0.4) is 0 Å². The fourth-order valence-electron chi connectivity index (χ4n) is 4.08. The van der Waals surface area contributed by atoms with Gasteiger partial charge in [-0.3, -0.25) is 9.59 Å². The van der Waals surface area contributed by atoms with Gasteiger partial charge in [-0.1, -0.05) is 0 Å². The van der Waals surface area contributed by atoms with Crippen molar-refractivity contribution in [3.63, 3.8) is 0 Å². The van der Waals surface area contributed by atoms with Crippen molar-refractivity contribution >= 4 is 22.8 Å². The number of benzene rings is 2. The summed E-state index contributed by atoms with van der Waals surface area (Å²) >= 11 is 0. The lowest BCUT2D eigenvalue weighted by molar-refractivity contribution is 0.0718. The predicted octanol–water partition coefficient (Wildman–Crippen LogP) is 2.96. The lowest BCUT2D eigenvalue weighted by Gasteiger charge is -2.22. The maximum absolute atomic E-state index is 13.2. The van der Waals surface area contributed by atoms with E-state index in [9.17, 15) is 9.59 Å². The molecule has 3 heterocycles. The van der Waals surface area contributed by atoms with Crippen molar-refractivity contribution in [3.8, 4) is 11.5 Å². The van der Waals surface area contributed by atoms with Gasteiger partial charge in [-0.15, -0.1) is 0 Å². The Hall–Kier alpha value is -3.68. The van der Waals surface area contributed by atoms with Crippen molar-refractivity contribution in [2.75, 3.05) is 33.0 Å². The van der Waals surface area contributed by atoms with E-state index in [0.717, 1.165) is 16.9 Å². The second-order valence-electron chi connectivity index (χ2n) is 8.10. The molecule has 0 saturated carbocycles. The fourth-order valence-corrected chi connectivity index (χ4v) is 4.08. The minimum absolute atomic E-state index is 0.0516. The molecule has 164 valence electrons. The summed E-state index contributed by atoms with van der Waals surface area (Å²) in [7, 11) is 0. The highest BCUT2D eigenvalue weighted by Gasteiger charge is 2.25. The summed E-state index contributed by atoms with van der Waals surface area (Å²) < 4.78 is 10.7. The predicted molar refractivity (Wildman–Crippen MR) is 118 cm³/mol. The quantitative estimate of drug-likeness (QED) is 0.619. The summed E-state index contributed by atoms with van der Waals surface area (Å²) in [6.07, 6.45) is 0.716. The molecule has 3 aromatic rings. The van der Waals surface area contributed by atoms with Crippen molar-refractivity contribution < 1.29 is 19.1 Å². The van der Waals surface area contributed by atoms with Crippen LogP contribution in [0.1, 0.15) is 38.5 Å². The van der Waals surface area contributed by atoms with Crippen LogP contribution in [0.4, 0.5) is 0 Å². The first kappa shape index (κ1) is 20.2. The zero-order chi connectivity index (χ0) is 22.2. The van der Waals surface area contributed by atoms with E-state index in [0.29, 0.717) is 60.7 Å². The van der Waals surface area contributed by atoms with Crippen LogP contribution in [0.25, 0.3) is 11.0 Å². The number of fused-ring (bicyclic) bond motifs is 2. The number of carbonyl (C=O) groups is 2. The van der Waals surface area contributed by atoms with Crippen LogP contribution in [-0.2, 0) is 0 Å². The first-order valence-electron chi connectivity index (χ1n) is 10.7. The van der Waals surface area contributed by atoms with Crippen LogP contribution in [-0.4, -0.2) is 64.6 Å². The molecule has 1 saturated heterocycles. The topological polar surface area (TPSA) is 84.9 Å². The Morgan fingerprint density at radius 3 is 2.06 bits per heavy atom. The largest absolute Gasteiger partial charge is 0.454 e. The molecule has 0 radical (unpaired) electrons. The second kappa shape index (κ2) is 8.11. The Morgan fingerprint density at radius 2 is 1.34 bits per heavy atom. The second-order valence-corrected chi connectivity index (χ2v) is 8.10. The average molecular weight is 432 g/mol. The highest BCUT2D eigenvalue weighted by atomic mass is 16.7. The molecule has 1 aromatic heterocycles. The first-order chi connectivity index (χ1) is 15.5. The zero-order valence-electron chi connectivity index (χ0n) is 18.1. The smallest absolute Gasteiger partial charge is 0.254 e. The average Bonchev–Trinajstić information content (AvgIpc) is 3.13. The summed E-state index contributed by atoms with van der Waals surface area (Å²) in [6.45, 7) is 6.16. The SMILES string of the molecule is Cc1nc2ccc(C(=O)N3CCCN(C(=O)c4ccc5c(c4)OCO5)CC3)cc2nc1C. The molecule has 1 fully saturated rings. The van der Waals surface area contributed by atoms with E-state index in [-0.39, 0.29) is 18.6 Å². The minimum Gasteiger partial charge on any atom is -0.454 e. The van der Waals surface area contributed by atoms with Crippen LogP contribution in [0, 0.1) is 13.8 Å². The van der Waals surface area contributed by atoms with Gasteiger partial charge >= 0.3 is 0 Å². The highest BCUT2D eigenvalue weighted by Crippen LogP contribution is 2.33. The van der Waals surface area contributed by atoms with Gasteiger partial charge in [-0.05, 0) is 56.7 Å². The van der Waals surface area contributed by atoms with E-state index in [2.05, 4.69) is 9.97 Å². The van der Waals surface area contributed by atoms with Crippen LogP contribution < -0.4 is 9.47 Å². The molecule has 32 heavy (non-hydrogen) atoms. The van der Waals surface area contributed by atoms with E-state index < -0.39 is 0 Å². The summed E-state index contributed by atoms with van der Waals surface area (Å²) in [5, 5.41) is 0. The normalized spacial score (nSPS) is 15.7. The standard InChI is InChI=1S/C24H24N4O4/c1-15-16(2)26-20-12-17(4-6-19(20)25-15)23(29)27-8-3-9-28(11-10-27)24(30)18-5-7-21-22(13-18)32-14-31-21/h4-7,12-13H,3,8-11,14H2,1-2H3. The Balaban J connectivity index is 1.29. The van der Waals surface area contributed by atoms with E-state index in [1.165, 1.54) is 0 Å². The molecule has 0 spiro atoms. The lowest BCUT2D eigenvalue weighted by atomic mass is 10.1. The molecule has 2 aromatic carbocycles. The molecule has 2 aliphatic heterocycles. The van der Waals surface area contributed by atoms with Crippen LogP contribution in [0.2, 0.25) is 0 Å². The molecule has 2 amide bonds. The van der Waals surface area contributed by atoms with Gasteiger partial charge in [-0.2, -0.15) is 0 Å². The van der Waals surface area contributed by atoms with Crippen LogP contribution >= 0.6 is 0 Å². The number of hydrogen-bond donors (Lipinski definition) is 0. The van der Waals surface area contributed by atoms with Gasteiger partial charge in [0.1, 0.15) is 0 Å². The van der Waals surface area contributed by atoms with Crippen molar-refractivity contribution in [2.45, 2.75) is 20.3 Å². The lowest BCUT2D eigenvalue weighted by Crippen LogP contribution is -2.37. The number of carbonyl (C=O) groups excluding carboxylic acids is 2. The number of hydrogen-bond acceptors (Lipinski definition) is 6. The Kier molecular flexibility index (Phi) is 5.13. The van der Waals surface area contributed by atoms with Gasteiger partial charge in [0.15, 0.2) is 11.5 Å². The molecule has 0 unspecified atom stereocenters. The van der Waals surface area contributed by atoms with Gasteiger partial charge in [0.2, 0.25) is 6.79 Å².